The second-order valence-corrected chi connectivity index (χ2v) is 7.46. The van der Waals surface area contributed by atoms with Crippen molar-refractivity contribution >= 4 is 11.0 Å². The first-order chi connectivity index (χ1) is 14.2. The third-order valence-electron chi connectivity index (χ3n) is 5.66. The second-order valence-electron chi connectivity index (χ2n) is 7.46. The van der Waals surface area contributed by atoms with Gasteiger partial charge in [0.1, 0.15) is 17.1 Å². The van der Waals surface area contributed by atoms with Gasteiger partial charge in [-0.1, -0.05) is 12.1 Å². The fourth-order valence-electron chi connectivity index (χ4n) is 4.07. The van der Waals surface area contributed by atoms with Crippen LogP contribution in [-0.2, 0) is 0 Å². The van der Waals surface area contributed by atoms with Crippen molar-refractivity contribution in [3.63, 3.8) is 0 Å². The summed E-state index contributed by atoms with van der Waals surface area (Å²) in [6.45, 7) is 2.15. The maximum atomic E-state index is 13.3. The third kappa shape index (κ3) is 3.36. The first-order valence-corrected chi connectivity index (χ1v) is 9.84. The molecule has 2 aromatic carbocycles. The molecule has 1 fully saturated rings. The van der Waals surface area contributed by atoms with Crippen molar-refractivity contribution in [3.8, 4) is 22.7 Å². The average Bonchev–Trinajstić information content (AvgIpc) is 3.18. The van der Waals surface area contributed by atoms with Crippen molar-refractivity contribution in [2.24, 2.45) is 0 Å². The largest absolute Gasteiger partial charge is 0.507 e. The normalized spacial score (nSPS) is 15.1. The van der Waals surface area contributed by atoms with Crippen LogP contribution in [0.15, 0.2) is 60.8 Å². The number of benzene rings is 2. The Morgan fingerprint density at radius 1 is 0.966 bits per heavy atom. The van der Waals surface area contributed by atoms with Crippen molar-refractivity contribution < 1.29 is 9.50 Å². The molecule has 0 radical (unpaired) electrons. The Bertz CT molecular complexity index is 1160. The number of phenolic OH excluding ortho intramolecular Hbond substituents is 1. The van der Waals surface area contributed by atoms with Gasteiger partial charge in [-0.2, -0.15) is 0 Å². The molecule has 2 aromatic heterocycles. The van der Waals surface area contributed by atoms with Crippen LogP contribution in [0.3, 0.4) is 0 Å². The van der Waals surface area contributed by atoms with Crippen molar-refractivity contribution in [1.29, 1.82) is 0 Å². The molecule has 5 rings (SSSR count). The van der Waals surface area contributed by atoms with Gasteiger partial charge in [0.05, 0.1) is 11.2 Å². The average molecular weight is 388 g/mol. The van der Waals surface area contributed by atoms with Gasteiger partial charge in [-0.05, 0) is 73.8 Å². The van der Waals surface area contributed by atoms with E-state index in [0.717, 1.165) is 35.9 Å². The van der Waals surface area contributed by atoms with Crippen LogP contribution in [0.5, 0.6) is 5.75 Å². The Kier molecular flexibility index (Phi) is 4.48. The monoisotopic (exact) mass is 388 g/mol. The summed E-state index contributed by atoms with van der Waals surface area (Å²) in [4.78, 5) is 0. The second kappa shape index (κ2) is 7.29. The highest BCUT2D eigenvalue weighted by molar-refractivity contribution is 5.82. The minimum atomic E-state index is -0.488. The highest BCUT2D eigenvalue weighted by Crippen LogP contribution is 2.31. The zero-order chi connectivity index (χ0) is 19.8. The predicted molar refractivity (Wildman–Crippen MR) is 111 cm³/mol. The molecule has 0 bridgehead atoms. The van der Waals surface area contributed by atoms with E-state index in [0.29, 0.717) is 17.2 Å². The molecule has 0 amide bonds. The molecule has 6 heteroatoms. The summed E-state index contributed by atoms with van der Waals surface area (Å²) in [6, 6.07) is 16.4. The summed E-state index contributed by atoms with van der Waals surface area (Å²) >= 11 is 0. The number of fused-ring (bicyclic) bond motifs is 1. The van der Waals surface area contributed by atoms with Crippen molar-refractivity contribution in [2.45, 2.75) is 18.8 Å². The number of hydrogen-bond donors (Lipinski definition) is 2. The van der Waals surface area contributed by atoms with Crippen LogP contribution in [0.1, 0.15) is 24.3 Å². The third-order valence-corrected chi connectivity index (χ3v) is 5.66. The number of nitrogens with zero attached hydrogens (tertiary/aromatic N) is 3. The van der Waals surface area contributed by atoms with Crippen LogP contribution in [0.25, 0.3) is 28.0 Å². The Balaban J connectivity index is 1.52. The molecule has 29 heavy (non-hydrogen) atoms. The number of rotatable bonds is 3. The number of aromatic hydroxyl groups is 1. The van der Waals surface area contributed by atoms with Crippen LogP contribution in [-0.4, -0.2) is 33.0 Å². The Morgan fingerprint density at radius 2 is 1.76 bits per heavy atom. The summed E-state index contributed by atoms with van der Waals surface area (Å²) in [5.74, 6) is -0.0220. The van der Waals surface area contributed by atoms with E-state index in [4.69, 9.17) is 0 Å². The topological polar surface area (TPSA) is 63.0 Å². The highest BCUT2D eigenvalue weighted by Gasteiger charge is 2.16. The van der Waals surface area contributed by atoms with Crippen LogP contribution in [0, 0.1) is 5.82 Å². The summed E-state index contributed by atoms with van der Waals surface area (Å²) in [7, 11) is 0. The molecule has 0 spiro atoms. The first kappa shape index (κ1) is 17.8. The number of halogens is 1. The van der Waals surface area contributed by atoms with Gasteiger partial charge in [0, 0.05) is 23.5 Å². The fourth-order valence-corrected chi connectivity index (χ4v) is 4.07. The highest BCUT2D eigenvalue weighted by atomic mass is 19.1. The van der Waals surface area contributed by atoms with E-state index in [-0.39, 0.29) is 5.75 Å². The summed E-state index contributed by atoms with van der Waals surface area (Å²) in [5.41, 5.74) is 5.02. The van der Waals surface area contributed by atoms with Gasteiger partial charge in [0.15, 0.2) is 0 Å². The predicted octanol–water partition coefficient (Wildman–Crippen LogP) is 4.40. The Labute approximate surface area is 167 Å². The molecule has 0 atom stereocenters. The molecular weight excluding hydrogens is 367 g/mol. The van der Waals surface area contributed by atoms with E-state index < -0.39 is 5.82 Å². The van der Waals surface area contributed by atoms with E-state index in [2.05, 4.69) is 44.3 Å². The van der Waals surface area contributed by atoms with Crippen molar-refractivity contribution in [2.75, 3.05) is 13.1 Å². The Hall–Kier alpha value is -3.25. The zero-order valence-corrected chi connectivity index (χ0v) is 15.8. The molecule has 4 aromatic rings. The molecular formula is C23H21FN4O. The zero-order valence-electron chi connectivity index (χ0n) is 15.8. The van der Waals surface area contributed by atoms with Gasteiger partial charge in [0.25, 0.3) is 0 Å². The minimum absolute atomic E-state index is 0.150. The van der Waals surface area contributed by atoms with Gasteiger partial charge in [0.2, 0.25) is 0 Å². The number of phenols is 1. The molecule has 0 aliphatic carbocycles. The molecule has 146 valence electrons. The molecule has 1 aliphatic rings. The van der Waals surface area contributed by atoms with Crippen LogP contribution in [0.2, 0.25) is 0 Å². The summed E-state index contributed by atoms with van der Waals surface area (Å²) in [6.07, 6.45) is 4.31. The van der Waals surface area contributed by atoms with Gasteiger partial charge in [-0.15, -0.1) is 10.2 Å². The van der Waals surface area contributed by atoms with E-state index in [1.165, 1.54) is 30.5 Å². The molecule has 2 N–H and O–H groups in total. The molecule has 0 saturated carbocycles. The van der Waals surface area contributed by atoms with Crippen LogP contribution < -0.4 is 5.32 Å². The number of nitrogens with one attached hydrogen (secondary N) is 1. The van der Waals surface area contributed by atoms with Crippen molar-refractivity contribution in [1.82, 2.24) is 20.1 Å². The van der Waals surface area contributed by atoms with Gasteiger partial charge in [-0.25, -0.2) is 4.39 Å². The fraction of sp³-hybridized carbons (Fsp3) is 0.217. The number of piperidine rings is 1. The minimum Gasteiger partial charge on any atom is -0.507 e. The Morgan fingerprint density at radius 3 is 2.52 bits per heavy atom. The van der Waals surface area contributed by atoms with Crippen LogP contribution >= 0.6 is 0 Å². The van der Waals surface area contributed by atoms with E-state index >= 15 is 0 Å². The van der Waals surface area contributed by atoms with Gasteiger partial charge < -0.3 is 15.0 Å². The van der Waals surface area contributed by atoms with Gasteiger partial charge in [-0.3, -0.25) is 0 Å². The maximum absolute atomic E-state index is 13.3. The maximum Gasteiger partial charge on any atom is 0.127 e. The summed E-state index contributed by atoms with van der Waals surface area (Å²) in [5, 5.41) is 22.0. The smallest absolute Gasteiger partial charge is 0.127 e. The molecule has 1 saturated heterocycles. The summed E-state index contributed by atoms with van der Waals surface area (Å²) < 4.78 is 15.4. The van der Waals surface area contributed by atoms with Crippen LogP contribution in [0.4, 0.5) is 4.39 Å². The van der Waals surface area contributed by atoms with E-state index in [1.807, 2.05) is 18.3 Å². The lowest BCUT2D eigenvalue weighted by atomic mass is 9.90. The molecule has 3 heterocycles. The molecule has 1 aliphatic heterocycles. The lowest BCUT2D eigenvalue weighted by molar-refractivity contribution is 0.460. The number of hydrogen-bond acceptors (Lipinski definition) is 4. The SMILES string of the molecule is Oc1cc(F)ccc1-c1cc2c(ccn2-c2ccc(C3CCNCC3)cc2)nn1. The first-order valence-electron chi connectivity index (χ1n) is 9.84. The lowest BCUT2D eigenvalue weighted by Crippen LogP contribution is -2.26. The van der Waals surface area contributed by atoms with Gasteiger partial charge >= 0.3 is 0 Å². The molecule has 5 nitrogen and oxygen atoms in total. The standard InChI is InChI=1S/C23H21FN4O/c24-17-3-6-19(23(29)13-17)21-14-22-20(26-27-21)9-12-28(22)18-4-1-15(2-5-18)16-7-10-25-11-8-16/h1-6,9,12-14,16,25,29H,7-8,10-11H2. The van der Waals surface area contributed by atoms with Crippen molar-refractivity contribution in [3.05, 3.63) is 72.2 Å². The van der Waals surface area contributed by atoms with E-state index in [1.54, 1.807) is 0 Å². The molecule has 0 unspecified atom stereocenters. The quantitative estimate of drug-likeness (QED) is 0.546. The lowest BCUT2D eigenvalue weighted by Gasteiger charge is -2.23. The number of aromatic nitrogens is 3. The van der Waals surface area contributed by atoms with E-state index in [9.17, 15) is 9.50 Å².